The molecule has 0 atom stereocenters. The van der Waals surface area contributed by atoms with Gasteiger partial charge in [-0.25, -0.2) is 0 Å². The Bertz CT molecular complexity index is 1110. The quantitative estimate of drug-likeness (QED) is 0.667. The molecule has 1 aliphatic carbocycles. The average Bonchev–Trinajstić information content (AvgIpc) is 3.05. The fourth-order valence-electron chi connectivity index (χ4n) is 2.96. The van der Waals surface area contributed by atoms with Gasteiger partial charge in [0.15, 0.2) is 0 Å². The number of para-hydroxylation sites is 1. The molecule has 0 saturated heterocycles. The summed E-state index contributed by atoms with van der Waals surface area (Å²) in [6.45, 7) is 0. The lowest BCUT2D eigenvalue weighted by atomic mass is 10.2. The molecule has 1 aromatic heterocycles. The number of carbonyl (C=O) groups is 1. The van der Waals surface area contributed by atoms with Gasteiger partial charge in [0.05, 0.1) is 17.1 Å². The lowest BCUT2D eigenvalue weighted by molar-refractivity contribution is -0.117. The number of ketones is 1. The summed E-state index contributed by atoms with van der Waals surface area (Å²) in [7, 11) is -3.76. The number of carbonyl (C=O) groups excluding carboxylic acids is 1. The van der Waals surface area contributed by atoms with E-state index >= 15 is 0 Å². The third-order valence-corrected chi connectivity index (χ3v) is 5.21. The minimum Gasteiger partial charge on any atom is -0.457 e. The highest BCUT2D eigenvalue weighted by atomic mass is 32.2. The van der Waals surface area contributed by atoms with Crippen molar-refractivity contribution in [1.29, 1.82) is 0 Å². The van der Waals surface area contributed by atoms with Gasteiger partial charge in [-0.1, -0.05) is 18.2 Å². The van der Waals surface area contributed by atoms with Crippen LogP contribution in [0.1, 0.15) is 11.3 Å². The van der Waals surface area contributed by atoms with Gasteiger partial charge in [0.2, 0.25) is 0 Å². The van der Waals surface area contributed by atoms with E-state index in [4.69, 9.17) is 4.74 Å². The third kappa shape index (κ3) is 4.12. The lowest BCUT2D eigenvalue weighted by Gasteiger charge is -2.12. The monoisotopic (exact) mass is 395 g/mol. The summed E-state index contributed by atoms with van der Waals surface area (Å²) in [5, 5.41) is 0. The summed E-state index contributed by atoms with van der Waals surface area (Å²) in [5.74, 6) is 1.25. The van der Waals surface area contributed by atoms with E-state index in [1.54, 1.807) is 66.9 Å². The van der Waals surface area contributed by atoms with E-state index in [-0.39, 0.29) is 5.78 Å². The number of hydrogen-bond donors (Lipinski definition) is 2. The first-order chi connectivity index (χ1) is 13.5. The molecule has 1 aliphatic rings. The Morgan fingerprint density at radius 3 is 2.25 bits per heavy atom. The predicted octanol–water partition coefficient (Wildman–Crippen LogP) is 3.31. The summed E-state index contributed by atoms with van der Waals surface area (Å²) in [6.07, 6.45) is 2.27. The van der Waals surface area contributed by atoms with E-state index in [9.17, 15) is 13.2 Å². The summed E-state index contributed by atoms with van der Waals surface area (Å²) in [6, 6.07) is 16.9. The maximum absolute atomic E-state index is 12.2. The van der Waals surface area contributed by atoms with Crippen molar-refractivity contribution in [2.45, 2.75) is 12.8 Å². The van der Waals surface area contributed by atoms with Gasteiger partial charge in [0, 0.05) is 24.6 Å². The van der Waals surface area contributed by atoms with Gasteiger partial charge in [-0.05, 0) is 42.5 Å². The average molecular weight is 395 g/mol. The van der Waals surface area contributed by atoms with E-state index in [1.807, 2.05) is 0 Å². The number of ether oxygens (including phenoxy) is 1. The van der Waals surface area contributed by atoms with Crippen molar-refractivity contribution in [1.82, 2.24) is 4.98 Å². The number of anilines is 2. The molecule has 0 fully saturated rings. The number of fused-ring (bicyclic) bond motifs is 1. The number of aromatic nitrogens is 1. The molecule has 0 radical (unpaired) electrons. The topological polar surface area (TPSA) is 97.4 Å². The molecule has 0 bridgehead atoms. The number of pyridine rings is 1. The summed E-state index contributed by atoms with van der Waals surface area (Å²) in [4.78, 5) is 15.9. The van der Waals surface area contributed by atoms with Crippen molar-refractivity contribution < 1.29 is 17.9 Å². The van der Waals surface area contributed by atoms with Crippen molar-refractivity contribution in [3.05, 3.63) is 78.1 Å². The van der Waals surface area contributed by atoms with Crippen LogP contribution in [0.5, 0.6) is 11.5 Å². The zero-order chi connectivity index (χ0) is 19.6. The molecule has 0 aliphatic heterocycles. The molecule has 1 heterocycles. The molecule has 0 unspecified atom stereocenters. The number of rotatable bonds is 6. The molecule has 0 spiro atoms. The second-order valence-corrected chi connectivity index (χ2v) is 7.74. The third-order valence-electron chi connectivity index (χ3n) is 4.20. The Morgan fingerprint density at radius 2 is 1.54 bits per heavy atom. The number of nitrogens with zero attached hydrogens (tertiary/aromatic N) is 1. The Balaban J connectivity index is 1.45. The molecule has 3 aromatic rings. The Kier molecular flexibility index (Phi) is 4.70. The number of nitrogens with one attached hydrogen (secondary N) is 2. The molecule has 28 heavy (non-hydrogen) atoms. The van der Waals surface area contributed by atoms with E-state index in [0.717, 1.165) is 11.3 Å². The fraction of sp³-hybridized carbons (Fsp3) is 0.100. The van der Waals surface area contributed by atoms with Gasteiger partial charge in [-0.15, -0.1) is 0 Å². The fourth-order valence-corrected chi connectivity index (χ4v) is 3.90. The van der Waals surface area contributed by atoms with Crippen LogP contribution in [-0.2, 0) is 27.8 Å². The summed E-state index contributed by atoms with van der Waals surface area (Å²) in [5.41, 5.74) is 2.42. The molecule has 8 heteroatoms. The van der Waals surface area contributed by atoms with Gasteiger partial charge in [0.1, 0.15) is 17.3 Å². The summed E-state index contributed by atoms with van der Waals surface area (Å²) >= 11 is 0. The minimum atomic E-state index is -3.76. The molecule has 7 nitrogen and oxygen atoms in total. The second-order valence-electron chi connectivity index (χ2n) is 6.33. The molecule has 2 N–H and O–H groups in total. The van der Waals surface area contributed by atoms with Crippen LogP contribution in [0.25, 0.3) is 0 Å². The minimum absolute atomic E-state index is 0.120. The zero-order valence-electron chi connectivity index (χ0n) is 14.8. The summed E-state index contributed by atoms with van der Waals surface area (Å²) < 4.78 is 35.2. The molecule has 0 saturated carbocycles. The second kappa shape index (κ2) is 7.32. The highest BCUT2D eigenvalue weighted by Gasteiger charge is 2.23. The van der Waals surface area contributed by atoms with Crippen molar-refractivity contribution in [2.24, 2.45) is 0 Å². The van der Waals surface area contributed by atoms with E-state index in [2.05, 4.69) is 14.4 Å². The van der Waals surface area contributed by atoms with Crippen molar-refractivity contribution >= 4 is 27.4 Å². The standard InChI is InChI=1S/C20H17N3O4S/c24-16-12-18-19(13-16)21-11-10-20(18)27-17-8-6-15(7-9-17)23-28(25,26)22-14-4-2-1-3-5-14/h1-11,22-23H,12-13H2. The number of benzene rings is 2. The molecular formula is C20H17N3O4S. The van der Waals surface area contributed by atoms with Crippen LogP contribution < -0.4 is 14.2 Å². The molecule has 2 aromatic carbocycles. The smallest absolute Gasteiger partial charge is 0.321 e. The van der Waals surface area contributed by atoms with E-state index < -0.39 is 10.2 Å². The maximum Gasteiger partial charge on any atom is 0.321 e. The Labute approximate surface area is 162 Å². The van der Waals surface area contributed by atoms with Gasteiger partial charge in [-0.3, -0.25) is 19.2 Å². The van der Waals surface area contributed by atoms with Gasteiger partial charge in [-0.2, -0.15) is 8.42 Å². The molecule has 4 rings (SSSR count). The predicted molar refractivity (Wildman–Crippen MR) is 106 cm³/mol. The van der Waals surface area contributed by atoms with Crippen LogP contribution in [0.15, 0.2) is 66.9 Å². The first-order valence-corrected chi connectivity index (χ1v) is 10.1. The van der Waals surface area contributed by atoms with Crippen LogP contribution in [0.3, 0.4) is 0 Å². The SMILES string of the molecule is O=C1Cc2nccc(Oc3ccc(NS(=O)(=O)Nc4ccccc4)cc3)c2C1. The first-order valence-electron chi connectivity index (χ1n) is 8.60. The normalized spacial score (nSPS) is 13.1. The Morgan fingerprint density at radius 1 is 0.857 bits per heavy atom. The number of hydrogen-bond acceptors (Lipinski definition) is 5. The molecule has 0 amide bonds. The Hall–Kier alpha value is -3.39. The maximum atomic E-state index is 12.2. The highest BCUT2D eigenvalue weighted by molar-refractivity contribution is 7.94. The van der Waals surface area contributed by atoms with Crippen molar-refractivity contribution in [3.8, 4) is 11.5 Å². The van der Waals surface area contributed by atoms with Crippen LogP contribution in [0, 0.1) is 0 Å². The highest BCUT2D eigenvalue weighted by Crippen LogP contribution is 2.31. The van der Waals surface area contributed by atoms with Crippen LogP contribution in [-0.4, -0.2) is 19.2 Å². The van der Waals surface area contributed by atoms with Crippen LogP contribution in [0.2, 0.25) is 0 Å². The first kappa shape index (κ1) is 18.0. The number of Topliss-reactive ketones (excluding diaryl/α,β-unsaturated/α-hetero) is 1. The van der Waals surface area contributed by atoms with Crippen molar-refractivity contribution in [2.75, 3.05) is 9.44 Å². The zero-order valence-corrected chi connectivity index (χ0v) is 15.6. The van der Waals surface area contributed by atoms with Crippen molar-refractivity contribution in [3.63, 3.8) is 0 Å². The lowest BCUT2D eigenvalue weighted by Crippen LogP contribution is -2.21. The van der Waals surface area contributed by atoms with Crippen LogP contribution >= 0.6 is 0 Å². The van der Waals surface area contributed by atoms with Gasteiger partial charge < -0.3 is 4.74 Å². The van der Waals surface area contributed by atoms with E-state index in [1.165, 1.54) is 0 Å². The largest absolute Gasteiger partial charge is 0.457 e. The van der Waals surface area contributed by atoms with Crippen LogP contribution in [0.4, 0.5) is 11.4 Å². The molecule has 142 valence electrons. The molecular weight excluding hydrogens is 378 g/mol. The van der Waals surface area contributed by atoms with E-state index in [0.29, 0.717) is 35.7 Å². The van der Waals surface area contributed by atoms with Gasteiger partial charge in [0.25, 0.3) is 0 Å². The van der Waals surface area contributed by atoms with Gasteiger partial charge >= 0.3 is 10.2 Å².